The Kier molecular flexibility index (Phi) is 6.68. The van der Waals surface area contributed by atoms with Gasteiger partial charge in [0.2, 0.25) is 0 Å². The van der Waals surface area contributed by atoms with Crippen molar-refractivity contribution in [1.29, 1.82) is 0 Å². The van der Waals surface area contributed by atoms with Gasteiger partial charge in [-0.05, 0) is 43.5 Å². The molecule has 21 heavy (non-hydrogen) atoms. The monoisotopic (exact) mass is 290 g/mol. The van der Waals surface area contributed by atoms with Crippen LogP contribution < -0.4 is 5.32 Å². The van der Waals surface area contributed by atoms with Gasteiger partial charge in [-0.3, -0.25) is 4.90 Å². The first kappa shape index (κ1) is 16.5. The van der Waals surface area contributed by atoms with Gasteiger partial charge in [-0.1, -0.05) is 38.1 Å². The van der Waals surface area contributed by atoms with Gasteiger partial charge in [-0.25, -0.2) is 0 Å². The van der Waals surface area contributed by atoms with Crippen molar-refractivity contribution in [1.82, 2.24) is 10.2 Å². The van der Waals surface area contributed by atoms with E-state index in [2.05, 4.69) is 55.3 Å². The van der Waals surface area contributed by atoms with E-state index in [0.29, 0.717) is 6.10 Å². The summed E-state index contributed by atoms with van der Waals surface area (Å²) in [4.78, 5) is 2.48. The summed E-state index contributed by atoms with van der Waals surface area (Å²) in [6, 6.07) is 9.10. The highest BCUT2D eigenvalue weighted by atomic mass is 16.5. The molecule has 1 atom stereocenters. The minimum Gasteiger partial charge on any atom is -0.376 e. The van der Waals surface area contributed by atoms with Gasteiger partial charge < -0.3 is 10.1 Å². The molecule has 1 heterocycles. The Bertz CT molecular complexity index is 402. The average molecular weight is 290 g/mol. The van der Waals surface area contributed by atoms with Crippen molar-refractivity contribution in [3.05, 3.63) is 35.4 Å². The lowest BCUT2D eigenvalue weighted by atomic mass is 10.1. The van der Waals surface area contributed by atoms with Gasteiger partial charge in [-0.2, -0.15) is 0 Å². The molecule has 3 nitrogen and oxygen atoms in total. The summed E-state index contributed by atoms with van der Waals surface area (Å²) in [6.07, 6.45) is 1.48. The van der Waals surface area contributed by atoms with Crippen LogP contribution in [0.4, 0.5) is 0 Å². The number of hydrogen-bond donors (Lipinski definition) is 1. The van der Waals surface area contributed by atoms with Crippen LogP contribution in [0, 0.1) is 5.92 Å². The summed E-state index contributed by atoms with van der Waals surface area (Å²) in [5, 5.41) is 3.50. The van der Waals surface area contributed by atoms with E-state index in [9.17, 15) is 0 Å². The summed E-state index contributed by atoms with van der Waals surface area (Å²) in [5.41, 5.74) is 2.83. The number of benzene rings is 1. The van der Waals surface area contributed by atoms with E-state index in [1.54, 1.807) is 0 Å². The topological polar surface area (TPSA) is 24.5 Å². The van der Waals surface area contributed by atoms with E-state index in [-0.39, 0.29) is 0 Å². The zero-order valence-electron chi connectivity index (χ0n) is 13.8. The fourth-order valence-electron chi connectivity index (χ4n) is 2.73. The highest BCUT2D eigenvalue weighted by molar-refractivity contribution is 5.22. The lowest BCUT2D eigenvalue weighted by Gasteiger charge is -2.31. The van der Waals surface area contributed by atoms with Crippen molar-refractivity contribution < 1.29 is 4.74 Å². The van der Waals surface area contributed by atoms with E-state index in [1.165, 1.54) is 11.1 Å². The molecule has 1 N–H and O–H groups in total. The van der Waals surface area contributed by atoms with Crippen molar-refractivity contribution in [2.45, 2.75) is 39.8 Å². The van der Waals surface area contributed by atoms with E-state index in [0.717, 1.165) is 51.7 Å². The van der Waals surface area contributed by atoms with Gasteiger partial charge in [0, 0.05) is 19.6 Å². The average Bonchev–Trinajstić information content (AvgIpc) is 2.45. The molecule has 1 aromatic carbocycles. The summed E-state index contributed by atoms with van der Waals surface area (Å²) in [7, 11) is 0. The third kappa shape index (κ3) is 6.16. The smallest absolute Gasteiger partial charge is 0.0674 e. The number of morpholine rings is 1. The Labute approximate surface area is 129 Å². The van der Waals surface area contributed by atoms with Crippen LogP contribution in [-0.4, -0.2) is 43.8 Å². The first-order valence-corrected chi connectivity index (χ1v) is 8.26. The molecule has 118 valence electrons. The maximum absolute atomic E-state index is 5.59. The van der Waals surface area contributed by atoms with Crippen LogP contribution in [0.25, 0.3) is 0 Å². The molecule has 0 bridgehead atoms. The second-order valence-electron chi connectivity index (χ2n) is 6.58. The standard InChI is InChI=1S/C18H30N2O/c1-15(2)12-19-9-8-17-4-6-18(7-5-17)14-20-10-11-21-16(3)13-20/h4-7,15-16,19H,8-14H2,1-3H3. The number of ether oxygens (including phenoxy) is 1. The fraction of sp³-hybridized carbons (Fsp3) is 0.667. The Morgan fingerprint density at radius 1 is 1.24 bits per heavy atom. The molecule has 1 aliphatic rings. The van der Waals surface area contributed by atoms with Gasteiger partial charge in [0.1, 0.15) is 0 Å². The van der Waals surface area contributed by atoms with Crippen LogP contribution in [0.3, 0.4) is 0 Å². The van der Waals surface area contributed by atoms with Crippen LogP contribution in [0.2, 0.25) is 0 Å². The summed E-state index contributed by atoms with van der Waals surface area (Å²) in [5.74, 6) is 0.725. The molecule has 2 rings (SSSR count). The minimum atomic E-state index is 0.366. The number of nitrogens with one attached hydrogen (secondary N) is 1. The molecule has 1 aliphatic heterocycles. The second-order valence-corrected chi connectivity index (χ2v) is 6.58. The van der Waals surface area contributed by atoms with Gasteiger partial charge in [0.25, 0.3) is 0 Å². The molecule has 1 fully saturated rings. The van der Waals surface area contributed by atoms with Crippen LogP contribution >= 0.6 is 0 Å². The maximum atomic E-state index is 5.59. The Hall–Kier alpha value is -0.900. The molecular formula is C18H30N2O. The van der Waals surface area contributed by atoms with Crippen LogP contribution in [0.5, 0.6) is 0 Å². The molecule has 1 aromatic rings. The van der Waals surface area contributed by atoms with Crippen molar-refractivity contribution in [3.63, 3.8) is 0 Å². The first-order chi connectivity index (χ1) is 10.1. The molecule has 1 unspecified atom stereocenters. The molecule has 0 saturated carbocycles. The molecule has 1 saturated heterocycles. The first-order valence-electron chi connectivity index (χ1n) is 8.26. The number of rotatable bonds is 7. The lowest BCUT2D eigenvalue weighted by Crippen LogP contribution is -2.40. The summed E-state index contributed by atoms with van der Waals surface area (Å²) in [6.45, 7) is 12.8. The van der Waals surface area contributed by atoms with Gasteiger partial charge in [0.05, 0.1) is 12.7 Å². The summed E-state index contributed by atoms with van der Waals surface area (Å²) < 4.78 is 5.59. The van der Waals surface area contributed by atoms with E-state index >= 15 is 0 Å². The van der Waals surface area contributed by atoms with E-state index < -0.39 is 0 Å². The predicted molar refractivity (Wildman–Crippen MR) is 88.5 cm³/mol. The molecule has 0 spiro atoms. The van der Waals surface area contributed by atoms with Crippen LogP contribution in [-0.2, 0) is 17.7 Å². The number of nitrogens with zero attached hydrogens (tertiary/aromatic N) is 1. The molecule has 3 heteroatoms. The second kappa shape index (κ2) is 8.52. The highest BCUT2D eigenvalue weighted by Gasteiger charge is 2.16. The third-order valence-electron chi connectivity index (χ3n) is 3.90. The van der Waals surface area contributed by atoms with Crippen LogP contribution in [0.1, 0.15) is 31.9 Å². The molecule has 0 radical (unpaired) electrons. The third-order valence-corrected chi connectivity index (χ3v) is 3.90. The van der Waals surface area contributed by atoms with Crippen molar-refractivity contribution in [2.75, 3.05) is 32.8 Å². The van der Waals surface area contributed by atoms with E-state index in [1.807, 2.05) is 0 Å². The van der Waals surface area contributed by atoms with Gasteiger partial charge >= 0.3 is 0 Å². The highest BCUT2D eigenvalue weighted by Crippen LogP contribution is 2.11. The molecule has 0 aliphatic carbocycles. The van der Waals surface area contributed by atoms with E-state index in [4.69, 9.17) is 4.74 Å². The Morgan fingerprint density at radius 2 is 1.95 bits per heavy atom. The van der Waals surface area contributed by atoms with Gasteiger partial charge in [-0.15, -0.1) is 0 Å². The number of hydrogen-bond acceptors (Lipinski definition) is 3. The zero-order valence-corrected chi connectivity index (χ0v) is 13.8. The lowest BCUT2D eigenvalue weighted by molar-refractivity contribution is -0.0212. The SMILES string of the molecule is CC(C)CNCCc1ccc(CN2CCOC(C)C2)cc1. The van der Waals surface area contributed by atoms with Gasteiger partial charge in [0.15, 0.2) is 0 Å². The molecular weight excluding hydrogens is 260 g/mol. The minimum absolute atomic E-state index is 0.366. The molecule has 0 aromatic heterocycles. The zero-order chi connectivity index (χ0) is 15.1. The van der Waals surface area contributed by atoms with Crippen molar-refractivity contribution >= 4 is 0 Å². The normalized spacial score (nSPS) is 20.1. The van der Waals surface area contributed by atoms with Crippen molar-refractivity contribution in [3.8, 4) is 0 Å². The summed E-state index contributed by atoms with van der Waals surface area (Å²) >= 11 is 0. The van der Waals surface area contributed by atoms with Crippen LogP contribution in [0.15, 0.2) is 24.3 Å². The Balaban J connectivity index is 1.73. The predicted octanol–water partition coefficient (Wildman–Crippen LogP) is 2.70. The largest absolute Gasteiger partial charge is 0.376 e. The fourth-order valence-corrected chi connectivity index (χ4v) is 2.73. The Morgan fingerprint density at radius 3 is 2.62 bits per heavy atom. The molecule has 0 amide bonds. The maximum Gasteiger partial charge on any atom is 0.0674 e. The quantitative estimate of drug-likeness (QED) is 0.782. The van der Waals surface area contributed by atoms with Crippen molar-refractivity contribution in [2.24, 2.45) is 5.92 Å².